The molecule has 0 bridgehead atoms. The molecule has 0 radical (unpaired) electrons. The van der Waals surface area contributed by atoms with Crippen molar-refractivity contribution in [1.29, 1.82) is 0 Å². The minimum atomic E-state index is -0.929. The molecule has 8 heteroatoms. The van der Waals surface area contributed by atoms with Gasteiger partial charge in [-0.05, 0) is 126 Å². The van der Waals surface area contributed by atoms with E-state index < -0.39 is 12.0 Å². The minimum absolute atomic E-state index is 0.0382. The number of Topliss-reactive ketones (excluding diaryl/α,β-unsaturated/α-hetero) is 1. The van der Waals surface area contributed by atoms with E-state index in [0.29, 0.717) is 36.6 Å². The van der Waals surface area contributed by atoms with Crippen LogP contribution >= 0.6 is 0 Å². The summed E-state index contributed by atoms with van der Waals surface area (Å²) < 4.78 is 5.78. The standard InChI is InChI=1S/C33H50N2O6/c1-20(36)25-8-9-26-24-7-6-22-16-23(10-13-32(22,4)27(24)11-14-33(25,26)5)35-41-19-29(37)34-28(17-30(38)39)21-12-15-40-31(2,3)18-21/h16,21,24-28H,6-15,17-19H2,1-5H3,(H,34,37)(H,38,39)/b35-23+/t21-,24-,25+,26+,27-,28+,32+,33-/m1/s1. The van der Waals surface area contributed by atoms with Crippen molar-refractivity contribution in [2.75, 3.05) is 13.2 Å². The molecular formula is C33H50N2O6. The van der Waals surface area contributed by atoms with Gasteiger partial charge in [0, 0.05) is 18.6 Å². The number of allylic oxidation sites excluding steroid dienone is 2. The molecule has 4 fully saturated rings. The fraction of sp³-hybridized carbons (Fsp3) is 0.818. The molecule has 228 valence electrons. The number of hydrogen-bond donors (Lipinski definition) is 2. The number of nitrogens with one attached hydrogen (secondary N) is 1. The molecule has 8 nitrogen and oxygen atoms in total. The van der Waals surface area contributed by atoms with E-state index in [4.69, 9.17) is 9.57 Å². The van der Waals surface area contributed by atoms with Crippen LogP contribution in [0.25, 0.3) is 0 Å². The van der Waals surface area contributed by atoms with Gasteiger partial charge in [-0.15, -0.1) is 0 Å². The molecule has 4 aliphatic carbocycles. The lowest BCUT2D eigenvalue weighted by atomic mass is 9.46. The van der Waals surface area contributed by atoms with E-state index >= 15 is 0 Å². The topological polar surface area (TPSA) is 114 Å². The highest BCUT2D eigenvalue weighted by molar-refractivity contribution is 5.96. The highest BCUT2D eigenvalue weighted by Gasteiger charge is 2.59. The molecule has 3 saturated carbocycles. The highest BCUT2D eigenvalue weighted by atomic mass is 16.6. The third-order valence-corrected chi connectivity index (χ3v) is 11.9. The first-order valence-corrected chi connectivity index (χ1v) is 15.9. The van der Waals surface area contributed by atoms with Crippen LogP contribution in [-0.4, -0.2) is 53.3 Å². The smallest absolute Gasteiger partial charge is 0.305 e. The van der Waals surface area contributed by atoms with E-state index in [1.165, 1.54) is 24.8 Å². The predicted octanol–water partition coefficient (Wildman–Crippen LogP) is 5.69. The summed E-state index contributed by atoms with van der Waals surface area (Å²) in [5.41, 5.74) is 2.35. The van der Waals surface area contributed by atoms with Crippen molar-refractivity contribution < 1.29 is 29.1 Å². The fourth-order valence-corrected chi connectivity index (χ4v) is 9.88. The Kier molecular flexibility index (Phi) is 8.45. The average molecular weight is 571 g/mol. The van der Waals surface area contributed by atoms with Crippen molar-refractivity contribution in [3.63, 3.8) is 0 Å². The first kappa shape index (κ1) is 30.2. The van der Waals surface area contributed by atoms with Gasteiger partial charge < -0.3 is 20.0 Å². The number of carbonyl (C=O) groups excluding carboxylic acids is 2. The molecule has 1 amide bonds. The first-order valence-electron chi connectivity index (χ1n) is 15.9. The second-order valence-corrected chi connectivity index (χ2v) is 14.8. The number of ether oxygens (including phenoxy) is 1. The molecule has 41 heavy (non-hydrogen) atoms. The molecule has 0 spiro atoms. The Bertz CT molecular complexity index is 1110. The molecule has 2 N–H and O–H groups in total. The fourth-order valence-electron chi connectivity index (χ4n) is 9.88. The number of carboxylic acids is 1. The summed E-state index contributed by atoms with van der Waals surface area (Å²) >= 11 is 0. The van der Waals surface area contributed by atoms with Crippen molar-refractivity contribution in [2.24, 2.45) is 45.6 Å². The van der Waals surface area contributed by atoms with Gasteiger partial charge in [0.2, 0.25) is 0 Å². The first-order chi connectivity index (χ1) is 19.3. The van der Waals surface area contributed by atoms with Gasteiger partial charge >= 0.3 is 5.97 Å². The van der Waals surface area contributed by atoms with Gasteiger partial charge in [-0.25, -0.2) is 0 Å². The zero-order valence-electron chi connectivity index (χ0n) is 25.7. The monoisotopic (exact) mass is 570 g/mol. The normalized spacial score (nSPS) is 39.5. The minimum Gasteiger partial charge on any atom is -0.481 e. The Labute approximate surface area is 245 Å². The number of oxime groups is 1. The molecule has 1 saturated heterocycles. The Hall–Kier alpha value is -2.22. The van der Waals surface area contributed by atoms with Crippen LogP contribution in [0.3, 0.4) is 0 Å². The Morgan fingerprint density at radius 2 is 1.85 bits per heavy atom. The maximum absolute atomic E-state index is 12.7. The molecule has 0 unspecified atom stereocenters. The number of hydrogen-bond acceptors (Lipinski definition) is 6. The SMILES string of the molecule is CC(=O)[C@@H]1CC[C@H]2[C@H]3CCC4=C/C(=N/OCC(=O)N[C@@H](CC(=O)O)[C@@H]5CCOC(C)(C)C5)CC[C@]4(C)[C@@H]3CC[C@]12C. The van der Waals surface area contributed by atoms with E-state index in [1.807, 2.05) is 13.8 Å². The van der Waals surface area contributed by atoms with Crippen LogP contribution in [0, 0.1) is 40.4 Å². The van der Waals surface area contributed by atoms with Crippen LogP contribution in [0.1, 0.15) is 105 Å². The lowest BCUT2D eigenvalue weighted by molar-refractivity contribution is -0.140. The molecule has 0 aromatic rings. The number of fused-ring (bicyclic) bond motifs is 5. The Morgan fingerprint density at radius 1 is 1.07 bits per heavy atom. The van der Waals surface area contributed by atoms with Crippen LogP contribution < -0.4 is 5.32 Å². The van der Waals surface area contributed by atoms with Crippen molar-refractivity contribution in [2.45, 2.75) is 117 Å². The van der Waals surface area contributed by atoms with E-state index in [2.05, 4.69) is 30.4 Å². The van der Waals surface area contributed by atoms with Crippen molar-refractivity contribution in [3.05, 3.63) is 11.6 Å². The van der Waals surface area contributed by atoms with Crippen LogP contribution in [0.15, 0.2) is 16.8 Å². The summed E-state index contributed by atoms with van der Waals surface area (Å²) in [6, 6.07) is -0.463. The van der Waals surface area contributed by atoms with Gasteiger partial charge in [0.25, 0.3) is 5.91 Å². The lowest BCUT2D eigenvalue weighted by Crippen LogP contribution is -2.51. The lowest BCUT2D eigenvalue weighted by Gasteiger charge is -2.58. The van der Waals surface area contributed by atoms with E-state index in [-0.39, 0.29) is 47.2 Å². The predicted molar refractivity (Wildman–Crippen MR) is 156 cm³/mol. The molecule has 5 rings (SSSR count). The second kappa shape index (κ2) is 11.5. The van der Waals surface area contributed by atoms with Gasteiger partial charge in [-0.1, -0.05) is 24.6 Å². The molecule has 0 aromatic heterocycles. The molecular weight excluding hydrogens is 520 g/mol. The zero-order chi connectivity index (χ0) is 29.6. The van der Waals surface area contributed by atoms with Crippen LogP contribution in [-0.2, 0) is 24.0 Å². The number of carboxylic acid groups (broad SMARTS) is 1. The summed E-state index contributed by atoms with van der Waals surface area (Å²) in [5.74, 6) is 1.39. The third-order valence-electron chi connectivity index (χ3n) is 11.9. The maximum atomic E-state index is 12.7. The van der Waals surface area contributed by atoms with Crippen molar-refractivity contribution in [3.8, 4) is 0 Å². The Balaban J connectivity index is 1.19. The number of carbonyl (C=O) groups is 3. The van der Waals surface area contributed by atoms with Crippen LogP contribution in [0.2, 0.25) is 0 Å². The summed E-state index contributed by atoms with van der Waals surface area (Å²) in [7, 11) is 0. The summed E-state index contributed by atoms with van der Waals surface area (Å²) in [4.78, 5) is 42.2. The summed E-state index contributed by atoms with van der Waals surface area (Å²) in [6.07, 6.45) is 12.2. The van der Waals surface area contributed by atoms with Crippen LogP contribution in [0.4, 0.5) is 0 Å². The van der Waals surface area contributed by atoms with Crippen molar-refractivity contribution >= 4 is 23.4 Å². The molecule has 0 aromatic carbocycles. The van der Waals surface area contributed by atoms with Gasteiger partial charge in [-0.2, -0.15) is 0 Å². The Morgan fingerprint density at radius 3 is 2.56 bits per heavy atom. The average Bonchev–Trinajstić information content (AvgIpc) is 3.25. The number of rotatable bonds is 8. The maximum Gasteiger partial charge on any atom is 0.305 e. The van der Waals surface area contributed by atoms with E-state index in [0.717, 1.165) is 44.2 Å². The number of amides is 1. The van der Waals surface area contributed by atoms with E-state index in [1.54, 1.807) is 6.92 Å². The van der Waals surface area contributed by atoms with Crippen molar-refractivity contribution in [1.82, 2.24) is 5.32 Å². The van der Waals surface area contributed by atoms with E-state index in [9.17, 15) is 19.5 Å². The zero-order valence-corrected chi connectivity index (χ0v) is 25.7. The molecule has 1 aliphatic heterocycles. The van der Waals surface area contributed by atoms with Gasteiger partial charge in [0.1, 0.15) is 5.78 Å². The second-order valence-electron chi connectivity index (χ2n) is 14.8. The number of nitrogens with zero attached hydrogens (tertiary/aromatic N) is 1. The van der Waals surface area contributed by atoms with Crippen LogP contribution in [0.5, 0.6) is 0 Å². The van der Waals surface area contributed by atoms with Gasteiger partial charge in [0.15, 0.2) is 6.61 Å². The third kappa shape index (κ3) is 6.00. The largest absolute Gasteiger partial charge is 0.481 e. The highest BCUT2D eigenvalue weighted by Crippen LogP contribution is 2.66. The van der Waals surface area contributed by atoms with Gasteiger partial charge in [-0.3, -0.25) is 14.4 Å². The summed E-state index contributed by atoms with van der Waals surface area (Å²) in [5, 5.41) is 16.7. The van der Waals surface area contributed by atoms with Gasteiger partial charge in [0.05, 0.1) is 17.7 Å². The number of aliphatic carboxylic acids is 1. The quantitative estimate of drug-likeness (QED) is 0.362. The summed E-state index contributed by atoms with van der Waals surface area (Å²) in [6.45, 7) is 11.0. The molecule has 1 heterocycles. The molecule has 8 atom stereocenters. The number of ketones is 1. The molecule has 5 aliphatic rings.